The summed E-state index contributed by atoms with van der Waals surface area (Å²) in [6, 6.07) is 12.8. The van der Waals surface area contributed by atoms with Crippen LogP contribution < -0.4 is 9.47 Å². The number of rotatable bonds is 16. The van der Waals surface area contributed by atoms with Crippen LogP contribution in [0.5, 0.6) is 11.5 Å². The number of carboxylic acids is 1. The lowest BCUT2D eigenvalue weighted by atomic mass is 10.1. The molecule has 0 fully saturated rings. The molecule has 8 nitrogen and oxygen atoms in total. The van der Waals surface area contributed by atoms with Gasteiger partial charge in [0.2, 0.25) is 0 Å². The number of nitrogens with zero attached hydrogens (tertiary/aromatic N) is 1. The molecule has 2 rings (SSSR count). The van der Waals surface area contributed by atoms with Crippen molar-refractivity contribution in [1.82, 2.24) is 4.90 Å². The van der Waals surface area contributed by atoms with E-state index in [2.05, 4.69) is 0 Å². The summed E-state index contributed by atoms with van der Waals surface area (Å²) < 4.78 is 35.6. The van der Waals surface area contributed by atoms with E-state index in [9.17, 15) is 19.1 Å². The van der Waals surface area contributed by atoms with Gasteiger partial charge < -0.3 is 29.0 Å². The topological polar surface area (TPSA) is 94.5 Å². The number of halogens is 1. The van der Waals surface area contributed by atoms with Gasteiger partial charge in [-0.1, -0.05) is 31.2 Å². The summed E-state index contributed by atoms with van der Waals surface area (Å²) in [6.07, 6.45) is 0.196. The van der Waals surface area contributed by atoms with Crippen LogP contribution in [0.15, 0.2) is 48.5 Å². The smallest absolute Gasteiger partial charge is 0.415 e. The summed E-state index contributed by atoms with van der Waals surface area (Å²) in [6.45, 7) is 6.03. The SMILES string of the molecule is CCCOCCCN(CCOc1ccc(CC(OCC)C(=O)O)cc1)C(=O)Oc1ccccc1F. The van der Waals surface area contributed by atoms with Gasteiger partial charge in [0.25, 0.3) is 0 Å². The molecule has 0 radical (unpaired) electrons. The lowest BCUT2D eigenvalue weighted by Gasteiger charge is -2.22. The zero-order valence-corrected chi connectivity index (χ0v) is 20.3. The first-order chi connectivity index (χ1) is 16.9. The van der Waals surface area contributed by atoms with Crippen LogP contribution in [0.1, 0.15) is 32.3 Å². The van der Waals surface area contributed by atoms with Gasteiger partial charge in [-0.15, -0.1) is 0 Å². The molecule has 1 atom stereocenters. The fraction of sp³-hybridized carbons (Fsp3) is 0.462. The maximum atomic E-state index is 13.9. The van der Waals surface area contributed by atoms with E-state index in [1.165, 1.54) is 23.1 Å². The fourth-order valence-electron chi connectivity index (χ4n) is 3.21. The maximum absolute atomic E-state index is 13.9. The number of carbonyl (C=O) groups is 2. The number of para-hydroxylation sites is 1. The third kappa shape index (κ3) is 10.3. The second kappa shape index (κ2) is 15.7. The van der Waals surface area contributed by atoms with Gasteiger partial charge in [-0.3, -0.25) is 0 Å². The van der Waals surface area contributed by atoms with Crippen LogP contribution in [-0.2, 0) is 20.7 Å². The summed E-state index contributed by atoms with van der Waals surface area (Å²) in [7, 11) is 0. The number of hydrogen-bond donors (Lipinski definition) is 1. The van der Waals surface area contributed by atoms with Crippen LogP contribution in [-0.4, -0.2) is 67.7 Å². The van der Waals surface area contributed by atoms with E-state index < -0.39 is 24.0 Å². The van der Waals surface area contributed by atoms with E-state index >= 15 is 0 Å². The van der Waals surface area contributed by atoms with Crippen molar-refractivity contribution >= 4 is 12.1 Å². The van der Waals surface area contributed by atoms with E-state index in [1.54, 1.807) is 37.3 Å². The summed E-state index contributed by atoms with van der Waals surface area (Å²) in [4.78, 5) is 25.4. The molecule has 0 saturated heterocycles. The Morgan fingerprint density at radius 1 is 1.00 bits per heavy atom. The van der Waals surface area contributed by atoms with Crippen molar-refractivity contribution in [1.29, 1.82) is 0 Å². The van der Waals surface area contributed by atoms with Crippen molar-refractivity contribution in [3.63, 3.8) is 0 Å². The number of carbonyl (C=O) groups excluding carboxylic acids is 1. The highest BCUT2D eigenvalue weighted by molar-refractivity contribution is 5.72. The van der Waals surface area contributed by atoms with Crippen LogP contribution in [0.2, 0.25) is 0 Å². The number of amides is 1. The normalized spacial score (nSPS) is 11.6. The number of ether oxygens (including phenoxy) is 4. The molecule has 0 bridgehead atoms. The molecule has 0 saturated carbocycles. The van der Waals surface area contributed by atoms with Gasteiger partial charge >= 0.3 is 12.1 Å². The van der Waals surface area contributed by atoms with Crippen LogP contribution >= 0.6 is 0 Å². The Morgan fingerprint density at radius 3 is 2.40 bits per heavy atom. The number of carboxylic acid groups (broad SMARTS) is 1. The van der Waals surface area contributed by atoms with Gasteiger partial charge in [0.15, 0.2) is 17.7 Å². The Hall–Kier alpha value is -3.17. The predicted molar refractivity (Wildman–Crippen MR) is 128 cm³/mol. The molecular weight excluding hydrogens is 457 g/mol. The number of hydrogen-bond acceptors (Lipinski definition) is 6. The largest absolute Gasteiger partial charge is 0.492 e. The molecule has 0 aliphatic heterocycles. The molecule has 2 aromatic carbocycles. The Labute approximate surface area is 205 Å². The first-order valence-electron chi connectivity index (χ1n) is 11.8. The zero-order chi connectivity index (χ0) is 25.5. The summed E-state index contributed by atoms with van der Waals surface area (Å²) >= 11 is 0. The molecule has 1 N–H and O–H groups in total. The van der Waals surface area contributed by atoms with Crippen molar-refractivity contribution in [2.24, 2.45) is 0 Å². The lowest BCUT2D eigenvalue weighted by molar-refractivity contribution is -0.149. The highest BCUT2D eigenvalue weighted by Gasteiger charge is 2.19. The molecule has 2 aromatic rings. The average molecular weight is 492 g/mol. The van der Waals surface area contributed by atoms with E-state index in [4.69, 9.17) is 18.9 Å². The van der Waals surface area contributed by atoms with Gasteiger partial charge in [0, 0.05) is 32.8 Å². The van der Waals surface area contributed by atoms with E-state index in [0.717, 1.165) is 12.0 Å². The summed E-state index contributed by atoms with van der Waals surface area (Å²) in [5.74, 6) is -1.17. The quantitative estimate of drug-likeness (QED) is 0.344. The number of aliphatic carboxylic acids is 1. The van der Waals surface area contributed by atoms with E-state index in [1.807, 2.05) is 6.92 Å². The number of benzene rings is 2. The van der Waals surface area contributed by atoms with Crippen LogP contribution in [0.3, 0.4) is 0 Å². The van der Waals surface area contributed by atoms with Crippen molar-refractivity contribution in [3.8, 4) is 11.5 Å². The molecular formula is C26H34FNO7. The Balaban J connectivity index is 1.91. The van der Waals surface area contributed by atoms with Crippen LogP contribution in [0, 0.1) is 5.82 Å². The van der Waals surface area contributed by atoms with Gasteiger partial charge in [-0.25, -0.2) is 14.0 Å². The van der Waals surface area contributed by atoms with Crippen molar-refractivity contribution < 1.29 is 38.0 Å². The zero-order valence-electron chi connectivity index (χ0n) is 20.3. The fourth-order valence-corrected chi connectivity index (χ4v) is 3.21. The lowest BCUT2D eigenvalue weighted by Crippen LogP contribution is -2.38. The minimum Gasteiger partial charge on any atom is -0.492 e. The monoisotopic (exact) mass is 491 g/mol. The molecule has 0 spiro atoms. The second-order valence-electron chi connectivity index (χ2n) is 7.73. The van der Waals surface area contributed by atoms with Crippen molar-refractivity contribution in [3.05, 3.63) is 59.9 Å². The highest BCUT2D eigenvalue weighted by Crippen LogP contribution is 2.17. The summed E-state index contributed by atoms with van der Waals surface area (Å²) in [5.41, 5.74) is 0.806. The standard InChI is InChI=1S/C26H34FNO7/c1-3-16-32-17-7-14-28(26(31)35-23-9-6-5-8-22(23)27)15-18-34-21-12-10-20(11-13-21)19-24(25(29)30)33-4-2/h5-6,8-13,24H,3-4,7,14-19H2,1-2H3,(H,29,30). The van der Waals surface area contributed by atoms with Crippen LogP contribution in [0.4, 0.5) is 9.18 Å². The minimum absolute atomic E-state index is 0.132. The predicted octanol–water partition coefficient (Wildman–Crippen LogP) is 4.55. The Bertz CT molecular complexity index is 907. The molecule has 0 aromatic heterocycles. The van der Waals surface area contributed by atoms with Gasteiger partial charge in [0.1, 0.15) is 12.4 Å². The Kier molecular flexibility index (Phi) is 12.6. The van der Waals surface area contributed by atoms with Crippen LogP contribution in [0.25, 0.3) is 0 Å². The molecule has 9 heteroatoms. The molecule has 0 aliphatic rings. The Morgan fingerprint density at radius 2 is 1.74 bits per heavy atom. The molecule has 0 heterocycles. The minimum atomic E-state index is -1.00. The average Bonchev–Trinajstić information content (AvgIpc) is 2.84. The molecule has 0 aliphatic carbocycles. The van der Waals surface area contributed by atoms with E-state index in [0.29, 0.717) is 38.5 Å². The molecule has 1 unspecified atom stereocenters. The van der Waals surface area contributed by atoms with Gasteiger partial charge in [0.05, 0.1) is 6.54 Å². The second-order valence-corrected chi connectivity index (χ2v) is 7.73. The van der Waals surface area contributed by atoms with Crippen molar-refractivity contribution in [2.75, 3.05) is 39.5 Å². The molecule has 192 valence electrons. The summed E-state index contributed by atoms with van der Waals surface area (Å²) in [5, 5.41) is 9.22. The first-order valence-corrected chi connectivity index (χ1v) is 11.8. The third-order valence-corrected chi connectivity index (χ3v) is 4.97. The molecule has 1 amide bonds. The van der Waals surface area contributed by atoms with Gasteiger partial charge in [-0.05, 0) is 49.6 Å². The third-order valence-electron chi connectivity index (χ3n) is 4.97. The van der Waals surface area contributed by atoms with Crippen molar-refractivity contribution in [2.45, 2.75) is 39.2 Å². The maximum Gasteiger partial charge on any atom is 0.415 e. The highest BCUT2D eigenvalue weighted by atomic mass is 19.1. The van der Waals surface area contributed by atoms with Gasteiger partial charge in [-0.2, -0.15) is 0 Å². The first kappa shape index (κ1) is 28.1. The molecule has 35 heavy (non-hydrogen) atoms. The van der Waals surface area contributed by atoms with E-state index in [-0.39, 0.29) is 25.3 Å².